The quantitative estimate of drug-likeness (QED) is 0.770. The lowest BCUT2D eigenvalue weighted by molar-refractivity contribution is -0.169. The van der Waals surface area contributed by atoms with Crippen LogP contribution in [0.3, 0.4) is 0 Å². The number of nitrogens with zero attached hydrogens (tertiary/aromatic N) is 1. The van der Waals surface area contributed by atoms with Crippen molar-refractivity contribution in [2.75, 3.05) is 13.2 Å². The molecular weight excluding hydrogens is 374 g/mol. The number of hydrogen-bond donors (Lipinski definition) is 2. The number of carbonyl (C=O) groups excluding carboxylic acids is 1. The molecule has 1 aliphatic heterocycles. The summed E-state index contributed by atoms with van der Waals surface area (Å²) in [4.78, 5) is 37.2. The molecule has 1 aliphatic carbocycles. The first-order valence-corrected chi connectivity index (χ1v) is 9.56. The topological polar surface area (TPSA) is 104 Å². The molecule has 29 heavy (non-hydrogen) atoms. The number of carboxylic acid groups (broad SMARTS) is 2. The molecule has 1 amide bonds. The van der Waals surface area contributed by atoms with Gasteiger partial charge in [-0.2, -0.15) is 0 Å². The molecule has 1 heterocycles. The molecule has 4 rings (SSSR count). The molecule has 150 valence electrons. The molecule has 2 aromatic carbocycles. The predicted octanol–water partition coefficient (Wildman–Crippen LogP) is 3.33. The molecule has 7 nitrogen and oxygen atoms in total. The molecule has 2 N–H and O–H groups in total. The fourth-order valence-electron chi connectivity index (χ4n) is 4.43. The Morgan fingerprint density at radius 2 is 1.48 bits per heavy atom. The lowest BCUT2D eigenvalue weighted by atomic mass is 9.87. The maximum atomic E-state index is 12.8. The van der Waals surface area contributed by atoms with Crippen LogP contribution in [0.2, 0.25) is 0 Å². The van der Waals surface area contributed by atoms with Crippen molar-refractivity contribution >= 4 is 18.0 Å². The normalized spacial score (nSPS) is 17.3. The Morgan fingerprint density at radius 3 is 2.03 bits per heavy atom. The fraction of sp³-hybridized carbons (Fsp3) is 0.318. The molecule has 0 saturated carbocycles. The number of carbonyl (C=O) groups is 3. The second kappa shape index (κ2) is 7.24. The van der Waals surface area contributed by atoms with Gasteiger partial charge in [0.15, 0.2) is 0 Å². The zero-order valence-electron chi connectivity index (χ0n) is 15.7. The van der Waals surface area contributed by atoms with Crippen LogP contribution in [0.25, 0.3) is 11.1 Å². The van der Waals surface area contributed by atoms with Crippen molar-refractivity contribution in [3.63, 3.8) is 0 Å². The Morgan fingerprint density at radius 1 is 0.931 bits per heavy atom. The van der Waals surface area contributed by atoms with E-state index in [-0.39, 0.29) is 25.5 Å². The SMILES string of the molecule is O=C(OCC1c2ccccc2-c2ccccc21)N1CCCCC1(C(=O)O)C(=O)O. The van der Waals surface area contributed by atoms with Crippen molar-refractivity contribution in [1.82, 2.24) is 4.90 Å². The van der Waals surface area contributed by atoms with Crippen LogP contribution >= 0.6 is 0 Å². The van der Waals surface area contributed by atoms with Crippen molar-refractivity contribution in [3.8, 4) is 11.1 Å². The second-order valence-electron chi connectivity index (χ2n) is 7.38. The lowest BCUT2D eigenvalue weighted by Crippen LogP contribution is -2.64. The minimum absolute atomic E-state index is 0.0126. The number of likely N-dealkylation sites (tertiary alicyclic amines) is 1. The number of carboxylic acids is 2. The van der Waals surface area contributed by atoms with E-state index in [0.29, 0.717) is 12.8 Å². The predicted molar refractivity (Wildman–Crippen MR) is 104 cm³/mol. The zero-order chi connectivity index (χ0) is 20.6. The molecule has 7 heteroatoms. The van der Waals surface area contributed by atoms with Gasteiger partial charge in [-0.15, -0.1) is 0 Å². The third-order valence-electron chi connectivity index (χ3n) is 5.90. The Hall–Kier alpha value is -3.35. The van der Waals surface area contributed by atoms with Crippen molar-refractivity contribution in [2.45, 2.75) is 30.7 Å². The van der Waals surface area contributed by atoms with E-state index in [1.54, 1.807) is 0 Å². The molecule has 2 aromatic rings. The van der Waals surface area contributed by atoms with Gasteiger partial charge in [0, 0.05) is 12.5 Å². The highest BCUT2D eigenvalue weighted by atomic mass is 16.6. The summed E-state index contributed by atoms with van der Waals surface area (Å²) >= 11 is 0. The van der Waals surface area contributed by atoms with E-state index in [2.05, 4.69) is 0 Å². The monoisotopic (exact) mass is 395 g/mol. The van der Waals surface area contributed by atoms with Crippen LogP contribution in [0.4, 0.5) is 4.79 Å². The summed E-state index contributed by atoms with van der Waals surface area (Å²) in [5.41, 5.74) is 1.94. The van der Waals surface area contributed by atoms with Gasteiger partial charge in [-0.3, -0.25) is 4.90 Å². The first-order valence-electron chi connectivity index (χ1n) is 9.56. The van der Waals surface area contributed by atoms with Crippen LogP contribution in [0, 0.1) is 0 Å². The van der Waals surface area contributed by atoms with Gasteiger partial charge < -0.3 is 14.9 Å². The van der Waals surface area contributed by atoms with Crippen LogP contribution in [0.1, 0.15) is 36.3 Å². The Balaban J connectivity index is 1.58. The maximum Gasteiger partial charge on any atom is 0.411 e. The van der Waals surface area contributed by atoms with Gasteiger partial charge in [0.05, 0.1) is 0 Å². The first-order chi connectivity index (χ1) is 14.0. The average molecular weight is 395 g/mol. The molecule has 2 aliphatic rings. The lowest BCUT2D eigenvalue weighted by Gasteiger charge is -2.39. The molecule has 0 atom stereocenters. The minimum Gasteiger partial charge on any atom is -0.479 e. The zero-order valence-corrected chi connectivity index (χ0v) is 15.7. The fourth-order valence-corrected chi connectivity index (χ4v) is 4.43. The van der Waals surface area contributed by atoms with Crippen LogP contribution in [0.15, 0.2) is 48.5 Å². The summed E-state index contributed by atoms with van der Waals surface area (Å²) < 4.78 is 5.50. The van der Waals surface area contributed by atoms with E-state index in [1.807, 2.05) is 48.5 Å². The van der Waals surface area contributed by atoms with E-state index in [9.17, 15) is 24.6 Å². The van der Waals surface area contributed by atoms with Gasteiger partial charge in [-0.1, -0.05) is 48.5 Å². The van der Waals surface area contributed by atoms with E-state index < -0.39 is 23.6 Å². The molecule has 0 unspecified atom stereocenters. The van der Waals surface area contributed by atoms with E-state index >= 15 is 0 Å². The summed E-state index contributed by atoms with van der Waals surface area (Å²) in [5.74, 6) is -3.27. The summed E-state index contributed by atoms with van der Waals surface area (Å²) in [6.45, 7) is 0.0496. The van der Waals surface area contributed by atoms with Crippen molar-refractivity contribution in [3.05, 3.63) is 59.7 Å². The Labute approximate surface area is 167 Å². The summed E-state index contributed by atoms with van der Waals surface area (Å²) in [7, 11) is 0. The van der Waals surface area contributed by atoms with E-state index in [1.165, 1.54) is 0 Å². The highest BCUT2D eigenvalue weighted by Crippen LogP contribution is 2.44. The summed E-state index contributed by atoms with van der Waals surface area (Å²) in [6, 6.07) is 15.7. The Bertz CT molecular complexity index is 925. The van der Waals surface area contributed by atoms with Crippen molar-refractivity contribution in [2.24, 2.45) is 0 Å². The van der Waals surface area contributed by atoms with Crippen molar-refractivity contribution in [1.29, 1.82) is 0 Å². The van der Waals surface area contributed by atoms with Gasteiger partial charge in [0.25, 0.3) is 0 Å². The molecule has 0 bridgehead atoms. The van der Waals surface area contributed by atoms with Crippen molar-refractivity contribution < 1.29 is 29.3 Å². The molecule has 0 aromatic heterocycles. The van der Waals surface area contributed by atoms with Gasteiger partial charge in [0.1, 0.15) is 6.61 Å². The van der Waals surface area contributed by atoms with E-state index in [4.69, 9.17) is 4.74 Å². The number of aliphatic carboxylic acids is 2. The van der Waals surface area contributed by atoms with Gasteiger partial charge >= 0.3 is 18.0 Å². The summed E-state index contributed by atoms with van der Waals surface area (Å²) in [6.07, 6.45) is -0.0866. The smallest absolute Gasteiger partial charge is 0.411 e. The average Bonchev–Trinajstić information content (AvgIpc) is 3.05. The third kappa shape index (κ3) is 2.93. The highest BCUT2D eigenvalue weighted by molar-refractivity contribution is 6.05. The largest absolute Gasteiger partial charge is 0.479 e. The maximum absolute atomic E-state index is 12.8. The number of hydrogen-bond acceptors (Lipinski definition) is 4. The first kappa shape index (κ1) is 19.0. The number of rotatable bonds is 4. The molecule has 1 saturated heterocycles. The van der Waals surface area contributed by atoms with Crippen LogP contribution in [-0.2, 0) is 14.3 Å². The summed E-state index contributed by atoms with van der Waals surface area (Å²) in [5, 5.41) is 19.2. The van der Waals surface area contributed by atoms with Gasteiger partial charge in [0.2, 0.25) is 5.54 Å². The molecule has 0 spiro atoms. The van der Waals surface area contributed by atoms with Gasteiger partial charge in [-0.05, 0) is 41.5 Å². The molecule has 1 fully saturated rings. The second-order valence-corrected chi connectivity index (χ2v) is 7.38. The Kier molecular flexibility index (Phi) is 4.74. The number of piperidine rings is 1. The van der Waals surface area contributed by atoms with Gasteiger partial charge in [-0.25, -0.2) is 14.4 Å². The minimum atomic E-state index is -2.28. The number of benzene rings is 2. The molecule has 0 radical (unpaired) electrons. The standard InChI is InChI=1S/C22H21NO6/c24-19(25)22(20(26)27)11-5-6-12-23(22)21(28)29-13-18-16-9-3-1-7-14(16)15-8-2-4-10-17(15)18/h1-4,7-10,18H,5-6,11-13H2,(H,24,25)(H,26,27). The van der Waals surface area contributed by atoms with Crippen LogP contribution in [-0.4, -0.2) is 51.8 Å². The van der Waals surface area contributed by atoms with Crippen LogP contribution in [0.5, 0.6) is 0 Å². The number of fused-ring (bicyclic) bond motifs is 3. The number of amides is 1. The third-order valence-corrected chi connectivity index (χ3v) is 5.90. The number of ether oxygens (including phenoxy) is 1. The molecular formula is C22H21NO6. The highest BCUT2D eigenvalue weighted by Gasteiger charge is 2.55. The van der Waals surface area contributed by atoms with E-state index in [0.717, 1.165) is 27.2 Å². The van der Waals surface area contributed by atoms with Crippen LogP contribution < -0.4 is 0 Å².